The summed E-state index contributed by atoms with van der Waals surface area (Å²) in [5.41, 5.74) is 4.06. The van der Waals surface area contributed by atoms with E-state index in [9.17, 15) is 14.3 Å². The van der Waals surface area contributed by atoms with Crippen molar-refractivity contribution in [1.82, 2.24) is 9.88 Å². The van der Waals surface area contributed by atoms with Crippen LogP contribution in [0, 0.1) is 19.7 Å². The Kier molecular flexibility index (Phi) is 5.81. The molecule has 0 unspecified atom stereocenters. The van der Waals surface area contributed by atoms with E-state index in [-0.39, 0.29) is 18.3 Å². The maximum Gasteiger partial charge on any atom is 0.254 e. The van der Waals surface area contributed by atoms with E-state index in [4.69, 9.17) is 0 Å². The fourth-order valence-corrected chi connectivity index (χ4v) is 3.19. The molecule has 4 nitrogen and oxygen atoms in total. The average molecular weight is 366 g/mol. The maximum absolute atomic E-state index is 13.3. The second kappa shape index (κ2) is 8.27. The van der Waals surface area contributed by atoms with Crippen LogP contribution in [0.4, 0.5) is 4.39 Å². The topological polar surface area (TPSA) is 53.4 Å². The standard InChI is InChI=1S/C22H23FN2O2/c1-15-5-3-6-19-20(13-16(2)24-21(15)19)22(27)25(11-4-12-26)14-17-7-9-18(23)10-8-17/h3,5-10,13,26H,4,11-12,14H2,1-2H3. The van der Waals surface area contributed by atoms with Crippen LogP contribution in [0.5, 0.6) is 0 Å². The van der Waals surface area contributed by atoms with E-state index in [1.807, 2.05) is 32.0 Å². The van der Waals surface area contributed by atoms with Crippen LogP contribution in [0.25, 0.3) is 10.9 Å². The number of hydrogen-bond acceptors (Lipinski definition) is 3. The summed E-state index contributed by atoms with van der Waals surface area (Å²) in [6.45, 7) is 4.63. The molecule has 140 valence electrons. The fraction of sp³-hybridized carbons (Fsp3) is 0.273. The Labute approximate surface area is 158 Å². The van der Waals surface area contributed by atoms with Crippen molar-refractivity contribution in [3.63, 3.8) is 0 Å². The summed E-state index contributed by atoms with van der Waals surface area (Å²) in [6, 6.07) is 13.7. The van der Waals surface area contributed by atoms with Gasteiger partial charge < -0.3 is 10.0 Å². The minimum absolute atomic E-state index is 0.00241. The summed E-state index contributed by atoms with van der Waals surface area (Å²) >= 11 is 0. The molecule has 27 heavy (non-hydrogen) atoms. The third-order valence-corrected chi connectivity index (χ3v) is 4.56. The van der Waals surface area contributed by atoms with Crippen LogP contribution in [0.3, 0.4) is 0 Å². The Morgan fingerprint density at radius 2 is 1.89 bits per heavy atom. The number of pyridine rings is 1. The highest BCUT2D eigenvalue weighted by Crippen LogP contribution is 2.23. The van der Waals surface area contributed by atoms with Gasteiger partial charge in [-0.15, -0.1) is 0 Å². The number of amides is 1. The number of hydrogen-bond donors (Lipinski definition) is 1. The third kappa shape index (κ3) is 4.31. The molecule has 0 fully saturated rings. The predicted octanol–water partition coefficient (Wildman–Crippen LogP) is 4.02. The summed E-state index contributed by atoms with van der Waals surface area (Å²) in [5.74, 6) is -0.424. The minimum atomic E-state index is -0.307. The molecule has 0 radical (unpaired) electrons. The largest absolute Gasteiger partial charge is 0.396 e. The lowest BCUT2D eigenvalue weighted by Crippen LogP contribution is -2.32. The molecule has 1 N–H and O–H groups in total. The number of carbonyl (C=O) groups excluding carboxylic acids is 1. The SMILES string of the molecule is Cc1cc(C(=O)N(CCCO)Cc2ccc(F)cc2)c2cccc(C)c2n1. The second-order valence-electron chi connectivity index (χ2n) is 6.71. The van der Waals surface area contributed by atoms with Gasteiger partial charge in [0, 0.05) is 30.8 Å². The van der Waals surface area contributed by atoms with Gasteiger partial charge in [-0.05, 0) is 49.6 Å². The van der Waals surface area contributed by atoms with Crippen LogP contribution in [0.2, 0.25) is 0 Å². The number of fused-ring (bicyclic) bond motifs is 1. The molecule has 0 aliphatic carbocycles. The highest BCUT2D eigenvalue weighted by molar-refractivity contribution is 6.06. The van der Waals surface area contributed by atoms with Gasteiger partial charge in [-0.1, -0.05) is 30.3 Å². The number of halogens is 1. The molecule has 1 heterocycles. The molecule has 0 saturated carbocycles. The predicted molar refractivity (Wildman–Crippen MR) is 104 cm³/mol. The lowest BCUT2D eigenvalue weighted by Gasteiger charge is -2.24. The van der Waals surface area contributed by atoms with Crippen molar-refractivity contribution in [3.8, 4) is 0 Å². The van der Waals surface area contributed by atoms with E-state index < -0.39 is 0 Å². The van der Waals surface area contributed by atoms with Gasteiger partial charge in [0.25, 0.3) is 5.91 Å². The Morgan fingerprint density at radius 1 is 1.15 bits per heavy atom. The number of aliphatic hydroxyl groups is 1. The summed E-state index contributed by atoms with van der Waals surface area (Å²) in [6.07, 6.45) is 0.480. The first-order chi connectivity index (χ1) is 13.0. The average Bonchev–Trinajstić information content (AvgIpc) is 2.66. The van der Waals surface area contributed by atoms with Crippen molar-refractivity contribution in [2.45, 2.75) is 26.8 Å². The molecular formula is C22H23FN2O2. The Morgan fingerprint density at radius 3 is 2.59 bits per heavy atom. The molecule has 1 amide bonds. The first-order valence-corrected chi connectivity index (χ1v) is 9.01. The van der Waals surface area contributed by atoms with Crippen molar-refractivity contribution in [2.24, 2.45) is 0 Å². The molecule has 0 atom stereocenters. The summed E-state index contributed by atoms with van der Waals surface area (Å²) in [5, 5.41) is 10.0. The molecule has 3 rings (SSSR count). The van der Waals surface area contributed by atoms with Crippen molar-refractivity contribution < 1.29 is 14.3 Å². The molecule has 0 bridgehead atoms. The van der Waals surface area contributed by atoms with E-state index >= 15 is 0 Å². The van der Waals surface area contributed by atoms with Gasteiger partial charge in [-0.25, -0.2) is 4.39 Å². The molecule has 3 aromatic rings. The van der Waals surface area contributed by atoms with Crippen molar-refractivity contribution in [1.29, 1.82) is 0 Å². The van der Waals surface area contributed by atoms with E-state index in [1.54, 1.807) is 23.1 Å². The molecule has 0 aliphatic rings. The van der Waals surface area contributed by atoms with Crippen LogP contribution in [0.15, 0.2) is 48.5 Å². The number of rotatable bonds is 6. The zero-order valence-corrected chi connectivity index (χ0v) is 15.6. The maximum atomic E-state index is 13.3. The van der Waals surface area contributed by atoms with Crippen LogP contribution >= 0.6 is 0 Å². The zero-order chi connectivity index (χ0) is 19.4. The highest BCUT2D eigenvalue weighted by Gasteiger charge is 2.20. The lowest BCUT2D eigenvalue weighted by atomic mass is 10.0. The third-order valence-electron chi connectivity index (χ3n) is 4.56. The molecule has 0 aliphatic heterocycles. The van der Waals surface area contributed by atoms with Gasteiger partial charge in [0.05, 0.1) is 11.1 Å². The molecule has 2 aromatic carbocycles. The van der Waals surface area contributed by atoms with Crippen LogP contribution in [-0.2, 0) is 6.54 Å². The van der Waals surface area contributed by atoms with Gasteiger partial charge >= 0.3 is 0 Å². The number of para-hydroxylation sites is 1. The van der Waals surface area contributed by atoms with Crippen LogP contribution in [0.1, 0.15) is 33.6 Å². The van der Waals surface area contributed by atoms with Gasteiger partial charge in [0.2, 0.25) is 0 Å². The Bertz CT molecular complexity index is 954. The summed E-state index contributed by atoms with van der Waals surface area (Å²) in [7, 11) is 0. The number of carbonyl (C=O) groups is 1. The first-order valence-electron chi connectivity index (χ1n) is 9.01. The zero-order valence-electron chi connectivity index (χ0n) is 15.6. The molecule has 1 aromatic heterocycles. The monoisotopic (exact) mass is 366 g/mol. The molecule has 5 heteroatoms. The van der Waals surface area contributed by atoms with Gasteiger partial charge in [0.1, 0.15) is 5.82 Å². The molecule has 0 spiro atoms. The quantitative estimate of drug-likeness (QED) is 0.717. The van der Waals surface area contributed by atoms with E-state index in [0.29, 0.717) is 25.1 Å². The van der Waals surface area contributed by atoms with Crippen molar-refractivity contribution in [2.75, 3.05) is 13.2 Å². The Hall–Kier alpha value is -2.79. The van der Waals surface area contributed by atoms with Crippen molar-refractivity contribution in [3.05, 3.63) is 76.7 Å². The number of benzene rings is 2. The fourth-order valence-electron chi connectivity index (χ4n) is 3.19. The number of aromatic nitrogens is 1. The van der Waals surface area contributed by atoms with E-state index in [1.165, 1.54) is 12.1 Å². The minimum Gasteiger partial charge on any atom is -0.396 e. The lowest BCUT2D eigenvalue weighted by molar-refractivity contribution is 0.0734. The van der Waals surface area contributed by atoms with Crippen LogP contribution in [-0.4, -0.2) is 34.0 Å². The number of aliphatic hydroxyl groups excluding tert-OH is 1. The highest BCUT2D eigenvalue weighted by atomic mass is 19.1. The normalized spacial score (nSPS) is 11.0. The van der Waals surface area contributed by atoms with Gasteiger partial charge in [0.15, 0.2) is 0 Å². The van der Waals surface area contributed by atoms with Crippen molar-refractivity contribution >= 4 is 16.8 Å². The molecular weight excluding hydrogens is 343 g/mol. The first kappa shape index (κ1) is 19.0. The summed E-state index contributed by atoms with van der Waals surface area (Å²) in [4.78, 5) is 19.6. The van der Waals surface area contributed by atoms with Gasteiger partial charge in [-0.3, -0.25) is 9.78 Å². The number of nitrogens with zero attached hydrogens (tertiary/aromatic N) is 2. The van der Waals surface area contributed by atoms with E-state index in [0.717, 1.165) is 27.7 Å². The van der Waals surface area contributed by atoms with Gasteiger partial charge in [-0.2, -0.15) is 0 Å². The molecule has 0 saturated heterocycles. The number of aryl methyl sites for hydroxylation is 2. The van der Waals surface area contributed by atoms with Crippen LogP contribution < -0.4 is 0 Å². The summed E-state index contributed by atoms with van der Waals surface area (Å²) < 4.78 is 13.2. The smallest absolute Gasteiger partial charge is 0.254 e. The van der Waals surface area contributed by atoms with E-state index in [2.05, 4.69) is 4.98 Å². The second-order valence-corrected chi connectivity index (χ2v) is 6.71. The Balaban J connectivity index is 1.99.